The molecule has 0 bridgehead atoms. The van der Waals surface area contributed by atoms with Crippen molar-refractivity contribution in [3.63, 3.8) is 0 Å². The van der Waals surface area contributed by atoms with Gasteiger partial charge in [0.05, 0.1) is 61.4 Å². The molecule has 3 N–H and O–H groups in total. The molecule has 0 amide bonds. The van der Waals surface area contributed by atoms with Crippen molar-refractivity contribution < 1.29 is 4.39 Å². The van der Waals surface area contributed by atoms with Gasteiger partial charge in [0.25, 0.3) is 0 Å². The first-order chi connectivity index (χ1) is 18.4. The van der Waals surface area contributed by atoms with Crippen LogP contribution in [0, 0.1) is 28.5 Å². The Balaban J connectivity index is 1.64. The van der Waals surface area contributed by atoms with E-state index in [9.17, 15) is 14.9 Å². The lowest BCUT2D eigenvalue weighted by Crippen LogP contribution is -2.13. The second-order valence-electron chi connectivity index (χ2n) is 8.07. The smallest absolute Gasteiger partial charge is 0.166 e. The van der Waals surface area contributed by atoms with E-state index in [4.69, 9.17) is 34.8 Å². The molecule has 8 nitrogen and oxygen atoms in total. The van der Waals surface area contributed by atoms with Crippen molar-refractivity contribution in [2.24, 2.45) is 0 Å². The third kappa shape index (κ3) is 4.79. The number of benzene rings is 3. The van der Waals surface area contributed by atoms with Crippen LogP contribution >= 0.6 is 34.8 Å². The molecule has 0 aliphatic rings. The highest BCUT2D eigenvalue weighted by molar-refractivity contribution is 6.42. The lowest BCUT2D eigenvalue weighted by atomic mass is 10.0. The first-order valence-electron chi connectivity index (χ1n) is 10.9. The van der Waals surface area contributed by atoms with Crippen LogP contribution in [0.4, 0.5) is 21.5 Å². The first-order valence-corrected chi connectivity index (χ1v) is 12.1. The summed E-state index contributed by atoms with van der Waals surface area (Å²) in [4.78, 5) is 4.33. The van der Waals surface area contributed by atoms with E-state index < -0.39 is 11.9 Å². The summed E-state index contributed by atoms with van der Waals surface area (Å²) in [6, 6.07) is 17.0. The van der Waals surface area contributed by atoms with E-state index >= 15 is 0 Å². The van der Waals surface area contributed by atoms with Crippen molar-refractivity contribution in [2.45, 2.75) is 6.04 Å². The fraction of sp³-hybridized carbons (Fsp3) is 0.0385. The van der Waals surface area contributed by atoms with E-state index in [0.717, 1.165) is 5.56 Å². The minimum atomic E-state index is -0.767. The summed E-state index contributed by atoms with van der Waals surface area (Å²) in [6.45, 7) is 0. The second kappa shape index (κ2) is 10.5. The number of hydrogen-bond acceptors (Lipinski definition) is 7. The summed E-state index contributed by atoms with van der Waals surface area (Å²) in [5, 5.41) is 36.7. The molecule has 0 unspecified atom stereocenters. The van der Waals surface area contributed by atoms with Crippen LogP contribution in [-0.4, -0.2) is 20.4 Å². The molecule has 3 aromatic carbocycles. The normalized spacial score (nSPS) is 11.5. The van der Waals surface area contributed by atoms with Gasteiger partial charge in [0, 0.05) is 17.3 Å². The van der Waals surface area contributed by atoms with Crippen molar-refractivity contribution in [3.8, 4) is 12.1 Å². The molecule has 0 spiro atoms. The lowest BCUT2D eigenvalue weighted by molar-refractivity contribution is 0.632. The number of nitriles is 2. The summed E-state index contributed by atoms with van der Waals surface area (Å²) < 4.78 is 14.9. The number of aromatic amines is 1. The number of H-pyrrole nitrogens is 1. The molecular formula is C26H14Cl3FN8. The highest BCUT2D eigenvalue weighted by Crippen LogP contribution is 2.38. The predicted molar refractivity (Wildman–Crippen MR) is 144 cm³/mol. The van der Waals surface area contributed by atoms with Gasteiger partial charge in [-0.25, -0.2) is 4.39 Å². The monoisotopic (exact) mass is 562 g/mol. The van der Waals surface area contributed by atoms with Crippen LogP contribution in [0.2, 0.25) is 15.1 Å². The molecule has 2 heterocycles. The van der Waals surface area contributed by atoms with E-state index in [1.165, 1.54) is 18.3 Å². The van der Waals surface area contributed by atoms with Gasteiger partial charge in [0.15, 0.2) is 5.82 Å². The van der Waals surface area contributed by atoms with Gasteiger partial charge in [-0.2, -0.15) is 25.9 Å². The molecule has 2 aromatic heterocycles. The zero-order chi connectivity index (χ0) is 26.8. The van der Waals surface area contributed by atoms with Crippen molar-refractivity contribution in [1.82, 2.24) is 20.4 Å². The van der Waals surface area contributed by atoms with Gasteiger partial charge in [-0.15, -0.1) is 0 Å². The number of halogens is 4. The minimum Gasteiger partial charge on any atom is -0.373 e. The number of nitrogens with zero attached hydrogens (tertiary/aromatic N) is 5. The number of rotatable bonds is 6. The van der Waals surface area contributed by atoms with Crippen LogP contribution in [0.5, 0.6) is 0 Å². The lowest BCUT2D eigenvalue weighted by Gasteiger charge is -2.20. The van der Waals surface area contributed by atoms with Crippen LogP contribution in [0.25, 0.3) is 10.9 Å². The zero-order valence-corrected chi connectivity index (χ0v) is 21.4. The van der Waals surface area contributed by atoms with Crippen LogP contribution in [0.15, 0.2) is 60.9 Å². The average Bonchev–Trinajstić information content (AvgIpc) is 3.47. The summed E-state index contributed by atoms with van der Waals surface area (Å²) >= 11 is 18.5. The highest BCUT2D eigenvalue weighted by atomic mass is 35.5. The Morgan fingerprint density at radius 2 is 1.82 bits per heavy atom. The van der Waals surface area contributed by atoms with E-state index in [1.807, 2.05) is 6.07 Å². The molecule has 0 fully saturated rings. The molecular weight excluding hydrogens is 550 g/mol. The van der Waals surface area contributed by atoms with E-state index in [2.05, 4.69) is 43.2 Å². The number of anilines is 3. The molecule has 186 valence electrons. The van der Waals surface area contributed by atoms with E-state index in [0.29, 0.717) is 27.8 Å². The highest BCUT2D eigenvalue weighted by Gasteiger charge is 2.20. The van der Waals surface area contributed by atoms with Crippen molar-refractivity contribution in [2.75, 3.05) is 10.6 Å². The molecule has 12 heteroatoms. The van der Waals surface area contributed by atoms with Crippen LogP contribution in [0.1, 0.15) is 28.4 Å². The van der Waals surface area contributed by atoms with Gasteiger partial charge < -0.3 is 10.6 Å². The Labute approximate surface area is 230 Å². The number of aromatic nitrogens is 4. The molecule has 1 atom stereocenters. The Hall–Kier alpha value is -4.41. The fourth-order valence-corrected chi connectivity index (χ4v) is 4.53. The molecule has 0 radical (unpaired) electrons. The Kier molecular flexibility index (Phi) is 6.99. The molecule has 38 heavy (non-hydrogen) atoms. The van der Waals surface area contributed by atoms with Gasteiger partial charge in [-0.3, -0.25) is 4.98 Å². The third-order valence-electron chi connectivity index (χ3n) is 5.73. The van der Waals surface area contributed by atoms with Crippen molar-refractivity contribution in [3.05, 3.63) is 104 Å². The predicted octanol–water partition coefficient (Wildman–Crippen LogP) is 7.14. The second-order valence-corrected chi connectivity index (χ2v) is 9.26. The van der Waals surface area contributed by atoms with Gasteiger partial charge in [0.2, 0.25) is 0 Å². The maximum atomic E-state index is 14.9. The molecule has 5 aromatic rings. The van der Waals surface area contributed by atoms with E-state index in [1.54, 1.807) is 36.5 Å². The maximum absolute atomic E-state index is 14.9. The van der Waals surface area contributed by atoms with E-state index in [-0.39, 0.29) is 32.0 Å². The molecule has 5 rings (SSSR count). The Bertz CT molecular complexity index is 1760. The van der Waals surface area contributed by atoms with Gasteiger partial charge >= 0.3 is 0 Å². The first kappa shape index (κ1) is 25.2. The Morgan fingerprint density at radius 3 is 2.55 bits per heavy atom. The molecule has 0 saturated heterocycles. The summed E-state index contributed by atoms with van der Waals surface area (Å²) in [7, 11) is 0. The fourth-order valence-electron chi connectivity index (χ4n) is 3.95. The van der Waals surface area contributed by atoms with Gasteiger partial charge in [0.1, 0.15) is 11.8 Å². The maximum Gasteiger partial charge on any atom is 0.166 e. The summed E-state index contributed by atoms with van der Waals surface area (Å²) in [5.74, 6) is -0.767. The number of nitrogens with one attached hydrogen (secondary N) is 3. The van der Waals surface area contributed by atoms with Crippen molar-refractivity contribution in [1.29, 1.82) is 10.5 Å². The Morgan fingerprint density at radius 1 is 0.974 bits per heavy atom. The topological polar surface area (TPSA) is 126 Å². The van der Waals surface area contributed by atoms with Crippen LogP contribution < -0.4 is 10.6 Å². The molecule has 0 aliphatic heterocycles. The molecule has 0 saturated carbocycles. The standard InChI is InChI=1S/C26H14Cl3FN8/c27-18-4-5-20(23(30)22(18)29)36-24-15(10-32)11-33-26-17(24)7-16(8-19(26)28)35-25(21-12-34-38-37-21)14-3-1-2-13(6-14)9-31/h1-8,11-12,25,35H,(H,33,36)(H,34,37,38)/t25-/m0/s1. The average molecular weight is 564 g/mol. The summed E-state index contributed by atoms with van der Waals surface area (Å²) in [5.41, 5.74) is 3.21. The van der Waals surface area contributed by atoms with Crippen LogP contribution in [-0.2, 0) is 0 Å². The third-order valence-corrected chi connectivity index (χ3v) is 6.80. The largest absolute Gasteiger partial charge is 0.373 e. The van der Waals surface area contributed by atoms with Gasteiger partial charge in [-0.05, 0) is 42.0 Å². The minimum absolute atomic E-state index is 0.0201. The quantitative estimate of drug-likeness (QED) is 0.187. The van der Waals surface area contributed by atoms with Gasteiger partial charge in [-0.1, -0.05) is 46.9 Å². The number of fused-ring (bicyclic) bond motifs is 1. The zero-order valence-electron chi connectivity index (χ0n) is 19.1. The summed E-state index contributed by atoms with van der Waals surface area (Å²) in [6.07, 6.45) is 2.92. The number of pyridine rings is 1. The molecule has 0 aliphatic carbocycles. The SMILES string of the molecule is N#Cc1cccc([C@H](Nc2cc(Cl)c3ncc(C#N)c(Nc4ccc(Cl)c(Cl)c4F)c3c2)c2cn[nH]n2)c1. The van der Waals surface area contributed by atoms with Crippen LogP contribution in [0.3, 0.4) is 0 Å². The number of hydrogen-bond donors (Lipinski definition) is 3. The van der Waals surface area contributed by atoms with Crippen molar-refractivity contribution >= 4 is 62.8 Å².